The van der Waals surface area contributed by atoms with Crippen molar-refractivity contribution in [3.8, 4) is 11.5 Å². The summed E-state index contributed by atoms with van der Waals surface area (Å²) in [5, 5.41) is 0. The molecule has 8 nitrogen and oxygen atoms in total. The minimum Gasteiger partial charge on any atom is -0.497 e. The number of benzene rings is 4. The maximum Gasteiger partial charge on any atom is 0.243 e. The lowest BCUT2D eigenvalue weighted by atomic mass is 9.54. The van der Waals surface area contributed by atoms with Crippen LogP contribution in [0.5, 0.6) is 11.5 Å². The van der Waals surface area contributed by atoms with Crippen LogP contribution in [-0.4, -0.2) is 60.5 Å². The summed E-state index contributed by atoms with van der Waals surface area (Å²) in [5.41, 5.74) is -1.96. The molecule has 222 valence electrons. The summed E-state index contributed by atoms with van der Waals surface area (Å²) in [5.74, 6) is -0.780. The van der Waals surface area contributed by atoms with E-state index >= 15 is 0 Å². The van der Waals surface area contributed by atoms with Crippen molar-refractivity contribution in [2.75, 3.05) is 27.3 Å². The Hall–Kier alpha value is -5.24. The summed E-state index contributed by atoms with van der Waals surface area (Å²) in [4.78, 5) is 61.9. The maximum absolute atomic E-state index is 14.9. The molecule has 4 aromatic rings. The van der Waals surface area contributed by atoms with Gasteiger partial charge in [0.15, 0.2) is 22.4 Å². The van der Waals surface area contributed by atoms with Gasteiger partial charge in [-0.25, -0.2) is 0 Å². The van der Waals surface area contributed by atoms with E-state index in [1.165, 1.54) is 9.80 Å². The molecule has 0 radical (unpaired) electrons. The normalized spacial score (nSPS) is 21.7. The second-order valence-electron chi connectivity index (χ2n) is 11.1. The molecule has 0 bridgehead atoms. The second kappa shape index (κ2) is 11.4. The van der Waals surface area contributed by atoms with Crippen molar-refractivity contribution in [2.24, 2.45) is 0 Å². The summed E-state index contributed by atoms with van der Waals surface area (Å²) in [6.07, 6.45) is 0. The first kappa shape index (κ1) is 28.9. The van der Waals surface area contributed by atoms with Crippen LogP contribution in [0.4, 0.5) is 0 Å². The molecular formula is C36H32N2O6. The number of hydrogen-bond donors (Lipinski definition) is 0. The third-order valence-electron chi connectivity index (χ3n) is 8.76. The number of ketones is 2. The van der Waals surface area contributed by atoms with E-state index in [9.17, 15) is 19.2 Å². The van der Waals surface area contributed by atoms with Crippen molar-refractivity contribution in [1.82, 2.24) is 9.80 Å². The standard InChI is InChI=1S/C36H32N2O6/c1-43-29-17-13-25(14-18-29)21-37-23-31(39)35(33(37)41,27-9-5-3-6-10-27)36(28-11-7-4-8-12-28)32(40)24-38(34(36)42)22-26-15-19-30(44-2)20-16-26/h3-20H,21-24H2,1-2H3. The van der Waals surface area contributed by atoms with E-state index in [1.807, 2.05) is 24.3 Å². The molecule has 2 fully saturated rings. The average Bonchev–Trinajstić information content (AvgIpc) is 3.46. The van der Waals surface area contributed by atoms with E-state index in [4.69, 9.17) is 9.47 Å². The van der Waals surface area contributed by atoms with Crippen LogP contribution in [0.25, 0.3) is 0 Å². The number of methoxy groups -OCH3 is 2. The fourth-order valence-electron chi connectivity index (χ4n) is 6.72. The quantitative estimate of drug-likeness (QED) is 0.274. The predicted molar refractivity (Wildman–Crippen MR) is 163 cm³/mol. The Morgan fingerprint density at radius 2 is 0.864 bits per heavy atom. The van der Waals surface area contributed by atoms with Gasteiger partial charge in [0.05, 0.1) is 27.3 Å². The Kier molecular flexibility index (Phi) is 7.51. The molecule has 0 spiro atoms. The number of carbonyl (C=O) groups excluding carboxylic acids is 4. The largest absolute Gasteiger partial charge is 0.497 e. The first-order valence-electron chi connectivity index (χ1n) is 14.4. The van der Waals surface area contributed by atoms with Gasteiger partial charge in [-0.1, -0.05) is 84.9 Å². The van der Waals surface area contributed by atoms with Gasteiger partial charge in [-0.3, -0.25) is 19.2 Å². The molecule has 8 heteroatoms. The van der Waals surface area contributed by atoms with E-state index < -0.39 is 34.2 Å². The fourth-order valence-corrected chi connectivity index (χ4v) is 6.72. The van der Waals surface area contributed by atoms with Crippen molar-refractivity contribution < 1.29 is 28.7 Å². The first-order chi connectivity index (χ1) is 21.4. The topological polar surface area (TPSA) is 93.2 Å². The highest BCUT2D eigenvalue weighted by Crippen LogP contribution is 2.53. The fraction of sp³-hybridized carbons (Fsp3) is 0.222. The molecule has 0 aromatic heterocycles. The molecule has 0 saturated carbocycles. The molecular weight excluding hydrogens is 556 g/mol. The predicted octanol–water partition coefficient (Wildman–Crippen LogP) is 4.10. The minimum absolute atomic E-state index is 0.131. The van der Waals surface area contributed by atoms with Crippen LogP contribution in [0.15, 0.2) is 109 Å². The molecule has 2 unspecified atom stereocenters. The van der Waals surface area contributed by atoms with Crippen molar-refractivity contribution in [2.45, 2.75) is 23.9 Å². The number of Topliss-reactive ketones (excluding diaryl/α,β-unsaturated/α-hetero) is 2. The Morgan fingerprint density at radius 1 is 0.523 bits per heavy atom. The summed E-state index contributed by atoms with van der Waals surface area (Å²) >= 11 is 0. The molecule has 0 aliphatic carbocycles. The highest BCUT2D eigenvalue weighted by Gasteiger charge is 2.76. The van der Waals surface area contributed by atoms with Crippen molar-refractivity contribution >= 4 is 23.4 Å². The van der Waals surface area contributed by atoms with Crippen LogP contribution in [0.2, 0.25) is 0 Å². The summed E-state index contributed by atoms with van der Waals surface area (Å²) in [6, 6.07) is 31.6. The lowest BCUT2D eigenvalue weighted by Crippen LogP contribution is -2.64. The third kappa shape index (κ3) is 4.37. The Labute approximate surface area is 255 Å². The van der Waals surface area contributed by atoms with Crippen LogP contribution in [0.1, 0.15) is 22.3 Å². The lowest BCUT2D eigenvalue weighted by molar-refractivity contribution is -0.149. The van der Waals surface area contributed by atoms with Gasteiger partial charge in [-0.05, 0) is 46.5 Å². The molecule has 2 atom stereocenters. The first-order valence-corrected chi connectivity index (χ1v) is 14.4. The molecule has 4 aromatic carbocycles. The second-order valence-corrected chi connectivity index (χ2v) is 11.1. The van der Waals surface area contributed by atoms with Gasteiger partial charge in [0, 0.05) is 13.1 Å². The van der Waals surface area contributed by atoms with Crippen LogP contribution in [0.3, 0.4) is 0 Å². The number of carbonyl (C=O) groups is 4. The SMILES string of the molecule is COc1ccc(CN2CC(=O)C(c3ccccc3)(C3(c4ccccc4)C(=O)CN(Cc4ccc(OC)cc4)C3=O)C2=O)cc1. The maximum atomic E-state index is 14.9. The van der Waals surface area contributed by atoms with E-state index in [-0.39, 0.29) is 26.2 Å². The van der Waals surface area contributed by atoms with Crippen molar-refractivity contribution in [3.05, 3.63) is 131 Å². The Morgan fingerprint density at radius 3 is 1.18 bits per heavy atom. The molecule has 2 saturated heterocycles. The summed E-state index contributed by atoms with van der Waals surface area (Å²) < 4.78 is 10.5. The highest BCUT2D eigenvalue weighted by molar-refractivity contribution is 6.32. The van der Waals surface area contributed by atoms with E-state index in [0.717, 1.165) is 11.1 Å². The van der Waals surface area contributed by atoms with Gasteiger partial charge in [-0.2, -0.15) is 0 Å². The number of rotatable bonds is 9. The zero-order valence-corrected chi connectivity index (χ0v) is 24.6. The van der Waals surface area contributed by atoms with Gasteiger partial charge in [-0.15, -0.1) is 0 Å². The zero-order valence-electron chi connectivity index (χ0n) is 24.6. The molecule has 2 heterocycles. The smallest absolute Gasteiger partial charge is 0.243 e. The molecule has 2 aliphatic rings. The number of amides is 2. The summed E-state index contributed by atoms with van der Waals surface area (Å²) in [6.45, 7) is -0.224. The van der Waals surface area contributed by atoms with Gasteiger partial charge in [0.25, 0.3) is 0 Å². The number of nitrogens with zero attached hydrogens (tertiary/aromatic N) is 2. The summed E-state index contributed by atoms with van der Waals surface area (Å²) in [7, 11) is 3.14. The van der Waals surface area contributed by atoms with Gasteiger partial charge >= 0.3 is 0 Å². The number of ether oxygens (including phenoxy) is 2. The zero-order chi connectivity index (χ0) is 30.9. The van der Waals surface area contributed by atoms with Gasteiger partial charge < -0.3 is 19.3 Å². The monoisotopic (exact) mass is 588 g/mol. The molecule has 0 N–H and O–H groups in total. The van der Waals surface area contributed by atoms with Crippen LogP contribution < -0.4 is 9.47 Å². The van der Waals surface area contributed by atoms with Gasteiger partial charge in [0.1, 0.15) is 11.5 Å². The van der Waals surface area contributed by atoms with Gasteiger partial charge in [0.2, 0.25) is 11.8 Å². The van der Waals surface area contributed by atoms with Crippen LogP contribution in [-0.2, 0) is 43.1 Å². The van der Waals surface area contributed by atoms with Crippen molar-refractivity contribution in [3.63, 3.8) is 0 Å². The lowest BCUT2D eigenvalue weighted by Gasteiger charge is -2.41. The molecule has 6 rings (SSSR count). The van der Waals surface area contributed by atoms with E-state index in [2.05, 4.69) is 0 Å². The molecule has 2 aliphatic heterocycles. The Bertz CT molecular complexity index is 1580. The third-order valence-corrected chi connectivity index (χ3v) is 8.76. The van der Waals surface area contributed by atoms with E-state index in [0.29, 0.717) is 22.6 Å². The number of likely N-dealkylation sites (tertiary alicyclic amines) is 2. The highest BCUT2D eigenvalue weighted by atomic mass is 16.5. The molecule has 2 amide bonds. The van der Waals surface area contributed by atoms with Crippen LogP contribution >= 0.6 is 0 Å². The minimum atomic E-state index is -2.09. The van der Waals surface area contributed by atoms with Crippen LogP contribution in [0, 0.1) is 0 Å². The van der Waals surface area contributed by atoms with E-state index in [1.54, 1.807) is 99.1 Å². The number of hydrogen-bond acceptors (Lipinski definition) is 6. The molecule has 44 heavy (non-hydrogen) atoms. The van der Waals surface area contributed by atoms with Crippen molar-refractivity contribution in [1.29, 1.82) is 0 Å². The Balaban J connectivity index is 1.51. The average molecular weight is 589 g/mol.